The standard InChI is InChI=1S/C16H22N4O2S2/c1-12-2-4-13(5-3-12)17-15-18-19-16(24-15)23-11-14(21)10-20-6-8-22-9-7-20/h2-5,14,21H,6-11H2,1H3,(H,17,18)/p+1/t14-/m0/s1. The van der Waals surface area contributed by atoms with Crippen molar-refractivity contribution in [1.82, 2.24) is 10.2 Å². The Morgan fingerprint density at radius 3 is 2.79 bits per heavy atom. The summed E-state index contributed by atoms with van der Waals surface area (Å²) in [5.74, 6) is 0.642. The van der Waals surface area contributed by atoms with Gasteiger partial charge in [-0.05, 0) is 19.1 Å². The lowest BCUT2D eigenvalue weighted by Gasteiger charge is -2.25. The molecule has 130 valence electrons. The van der Waals surface area contributed by atoms with Crippen molar-refractivity contribution >= 4 is 33.9 Å². The molecular weight excluding hydrogens is 344 g/mol. The summed E-state index contributed by atoms with van der Waals surface area (Å²) in [7, 11) is 0. The van der Waals surface area contributed by atoms with E-state index in [4.69, 9.17) is 4.74 Å². The van der Waals surface area contributed by atoms with Crippen molar-refractivity contribution in [2.24, 2.45) is 0 Å². The van der Waals surface area contributed by atoms with Gasteiger partial charge in [0.25, 0.3) is 0 Å². The summed E-state index contributed by atoms with van der Waals surface area (Å²) in [5, 5.41) is 22.6. The van der Waals surface area contributed by atoms with Crippen LogP contribution in [0.25, 0.3) is 0 Å². The second-order valence-corrected chi connectivity index (χ2v) is 8.14. The van der Waals surface area contributed by atoms with E-state index >= 15 is 0 Å². The molecule has 1 aromatic carbocycles. The van der Waals surface area contributed by atoms with E-state index in [2.05, 4.69) is 34.6 Å². The molecule has 6 nitrogen and oxygen atoms in total. The number of aromatic nitrogens is 2. The number of nitrogens with one attached hydrogen (secondary N) is 2. The Kier molecular flexibility index (Phi) is 6.44. The summed E-state index contributed by atoms with van der Waals surface area (Å²) < 4.78 is 6.21. The maximum Gasteiger partial charge on any atom is 0.210 e. The lowest BCUT2D eigenvalue weighted by Crippen LogP contribution is -3.15. The van der Waals surface area contributed by atoms with Crippen LogP contribution in [0.3, 0.4) is 0 Å². The van der Waals surface area contributed by atoms with Crippen molar-refractivity contribution in [3.05, 3.63) is 29.8 Å². The largest absolute Gasteiger partial charge is 0.386 e. The van der Waals surface area contributed by atoms with Crippen LogP contribution < -0.4 is 10.2 Å². The van der Waals surface area contributed by atoms with Crippen LogP contribution in [-0.4, -0.2) is 60.0 Å². The highest BCUT2D eigenvalue weighted by atomic mass is 32.2. The molecule has 1 saturated heterocycles. The first-order valence-corrected chi connectivity index (χ1v) is 9.88. The van der Waals surface area contributed by atoms with Crippen LogP contribution in [0.2, 0.25) is 0 Å². The van der Waals surface area contributed by atoms with E-state index in [0.29, 0.717) is 5.75 Å². The van der Waals surface area contributed by atoms with E-state index in [1.807, 2.05) is 12.1 Å². The van der Waals surface area contributed by atoms with Crippen LogP contribution in [0, 0.1) is 6.92 Å². The number of hydrogen-bond acceptors (Lipinski definition) is 7. The van der Waals surface area contributed by atoms with E-state index in [1.54, 1.807) is 11.8 Å². The van der Waals surface area contributed by atoms with Crippen molar-refractivity contribution in [3.8, 4) is 0 Å². The highest BCUT2D eigenvalue weighted by Crippen LogP contribution is 2.28. The lowest BCUT2D eigenvalue weighted by molar-refractivity contribution is -0.910. The summed E-state index contributed by atoms with van der Waals surface area (Å²) in [6.07, 6.45) is -0.333. The third-order valence-electron chi connectivity index (χ3n) is 3.83. The third-order valence-corrected chi connectivity index (χ3v) is 5.95. The predicted octanol–water partition coefficient (Wildman–Crippen LogP) is 0.958. The fraction of sp³-hybridized carbons (Fsp3) is 0.500. The Bertz CT molecular complexity index is 629. The van der Waals surface area contributed by atoms with Gasteiger partial charge in [-0.1, -0.05) is 40.8 Å². The van der Waals surface area contributed by atoms with Gasteiger partial charge in [-0.25, -0.2) is 0 Å². The third kappa shape index (κ3) is 5.42. The molecule has 0 saturated carbocycles. The zero-order valence-corrected chi connectivity index (χ0v) is 15.3. The van der Waals surface area contributed by atoms with Crippen LogP contribution in [0.1, 0.15) is 5.56 Å². The van der Waals surface area contributed by atoms with E-state index in [1.165, 1.54) is 21.8 Å². The number of aryl methyl sites for hydroxylation is 1. The molecule has 1 aliphatic rings. The molecule has 3 rings (SSSR count). The van der Waals surface area contributed by atoms with Gasteiger partial charge in [0.1, 0.15) is 25.7 Å². The summed E-state index contributed by atoms with van der Waals surface area (Å²) in [5.41, 5.74) is 2.23. The van der Waals surface area contributed by atoms with Gasteiger partial charge in [-0.15, -0.1) is 10.2 Å². The molecule has 0 aliphatic carbocycles. The maximum absolute atomic E-state index is 10.2. The monoisotopic (exact) mass is 367 g/mol. The number of ether oxygens (including phenoxy) is 1. The minimum absolute atomic E-state index is 0.333. The smallest absolute Gasteiger partial charge is 0.210 e. The van der Waals surface area contributed by atoms with Gasteiger partial charge in [-0.2, -0.15) is 0 Å². The summed E-state index contributed by atoms with van der Waals surface area (Å²) in [6, 6.07) is 8.17. The number of rotatable bonds is 7. The Hall–Kier alpha value is -1.19. The number of quaternary nitrogens is 1. The molecule has 0 unspecified atom stereocenters. The fourth-order valence-corrected chi connectivity index (χ4v) is 4.23. The molecule has 1 fully saturated rings. The number of benzene rings is 1. The Morgan fingerprint density at radius 2 is 2.04 bits per heavy atom. The summed E-state index contributed by atoms with van der Waals surface area (Å²) >= 11 is 3.07. The number of hydrogen-bond donors (Lipinski definition) is 3. The number of morpholine rings is 1. The molecule has 1 aromatic heterocycles. The van der Waals surface area contributed by atoms with Crippen LogP contribution in [0.4, 0.5) is 10.8 Å². The second kappa shape index (κ2) is 8.77. The van der Waals surface area contributed by atoms with Gasteiger partial charge in [0, 0.05) is 11.4 Å². The summed E-state index contributed by atoms with van der Waals surface area (Å²) in [4.78, 5) is 1.41. The number of aliphatic hydroxyl groups excluding tert-OH is 1. The fourth-order valence-electron chi connectivity index (χ4n) is 2.50. The zero-order valence-electron chi connectivity index (χ0n) is 13.7. The Balaban J connectivity index is 1.44. The van der Waals surface area contributed by atoms with Crippen LogP contribution in [0.15, 0.2) is 28.6 Å². The highest BCUT2D eigenvalue weighted by molar-refractivity contribution is 8.01. The van der Waals surface area contributed by atoms with Gasteiger partial charge in [0.15, 0.2) is 4.34 Å². The van der Waals surface area contributed by atoms with E-state index < -0.39 is 0 Å². The SMILES string of the molecule is Cc1ccc(Nc2nnc(SC[C@@H](O)C[NH+]3CCOCC3)s2)cc1. The van der Waals surface area contributed by atoms with Crippen molar-refractivity contribution in [1.29, 1.82) is 0 Å². The molecule has 1 atom stereocenters. The normalized spacial score (nSPS) is 16.9. The van der Waals surface area contributed by atoms with Crippen molar-refractivity contribution in [3.63, 3.8) is 0 Å². The minimum Gasteiger partial charge on any atom is -0.386 e. The maximum atomic E-state index is 10.2. The van der Waals surface area contributed by atoms with Crippen LogP contribution >= 0.6 is 23.1 Å². The molecule has 2 heterocycles. The average Bonchev–Trinajstić information content (AvgIpc) is 3.04. The van der Waals surface area contributed by atoms with Gasteiger partial charge in [0.05, 0.1) is 13.2 Å². The number of aliphatic hydroxyl groups is 1. The predicted molar refractivity (Wildman–Crippen MR) is 97.5 cm³/mol. The molecule has 0 spiro atoms. The first-order valence-electron chi connectivity index (χ1n) is 8.08. The van der Waals surface area contributed by atoms with Crippen molar-refractivity contribution in [2.75, 3.05) is 43.9 Å². The summed E-state index contributed by atoms with van der Waals surface area (Å²) in [6.45, 7) is 6.37. The van der Waals surface area contributed by atoms with Gasteiger partial charge < -0.3 is 20.1 Å². The zero-order chi connectivity index (χ0) is 16.8. The molecule has 2 aromatic rings. The first-order chi connectivity index (χ1) is 11.7. The Labute approximate surface area is 150 Å². The molecule has 24 heavy (non-hydrogen) atoms. The van der Waals surface area contributed by atoms with Gasteiger partial charge in [0.2, 0.25) is 5.13 Å². The van der Waals surface area contributed by atoms with E-state index in [0.717, 1.165) is 48.0 Å². The van der Waals surface area contributed by atoms with Gasteiger partial charge in [-0.3, -0.25) is 0 Å². The number of thioether (sulfide) groups is 1. The molecule has 8 heteroatoms. The van der Waals surface area contributed by atoms with Gasteiger partial charge >= 0.3 is 0 Å². The highest BCUT2D eigenvalue weighted by Gasteiger charge is 2.19. The lowest BCUT2D eigenvalue weighted by atomic mass is 10.2. The van der Waals surface area contributed by atoms with E-state index in [-0.39, 0.29) is 6.10 Å². The molecule has 0 radical (unpaired) electrons. The number of anilines is 2. The molecule has 1 aliphatic heterocycles. The van der Waals surface area contributed by atoms with Crippen molar-refractivity contribution in [2.45, 2.75) is 17.4 Å². The molecule has 0 bridgehead atoms. The quantitative estimate of drug-likeness (QED) is 0.633. The molecule has 3 N–H and O–H groups in total. The minimum atomic E-state index is -0.333. The Morgan fingerprint density at radius 1 is 1.29 bits per heavy atom. The molecule has 0 amide bonds. The van der Waals surface area contributed by atoms with Crippen LogP contribution in [-0.2, 0) is 4.74 Å². The van der Waals surface area contributed by atoms with E-state index in [9.17, 15) is 5.11 Å². The average molecular weight is 368 g/mol. The number of nitrogens with zero attached hydrogens (tertiary/aromatic N) is 2. The topological polar surface area (TPSA) is 71.7 Å². The van der Waals surface area contributed by atoms with Crippen molar-refractivity contribution < 1.29 is 14.7 Å². The first kappa shape index (κ1) is 17.6. The van der Waals surface area contributed by atoms with Crippen LogP contribution in [0.5, 0.6) is 0 Å². The second-order valence-electron chi connectivity index (χ2n) is 5.90. The molecular formula is C16H23N4O2S2+.